The number of ether oxygens (including phenoxy) is 1. The standard InChI is InChI=1S/C29H26FN3O3/c30-26-23(24-15-33-25(31)16-32-24)13-12-22(19-9-5-10-19)29(26)36-17-18-6-4-11-21(14-18)28(35)27(34)20-7-2-1-3-8-20/h1-4,6-8,11-16,19,28,35H,5,9-10,17H2,(H2,31,33). The van der Waals surface area contributed by atoms with E-state index in [1.165, 1.54) is 12.4 Å². The van der Waals surface area contributed by atoms with Crippen molar-refractivity contribution in [2.75, 3.05) is 5.73 Å². The monoisotopic (exact) mass is 483 g/mol. The fourth-order valence-corrected chi connectivity index (χ4v) is 4.35. The quantitative estimate of drug-likeness (QED) is 0.315. The highest BCUT2D eigenvalue weighted by Crippen LogP contribution is 2.44. The van der Waals surface area contributed by atoms with Gasteiger partial charge in [-0.15, -0.1) is 0 Å². The number of carbonyl (C=O) groups is 1. The summed E-state index contributed by atoms with van der Waals surface area (Å²) in [5.74, 6) is -0.174. The Bertz CT molecular complexity index is 1370. The zero-order valence-corrected chi connectivity index (χ0v) is 19.6. The van der Waals surface area contributed by atoms with Crippen LogP contribution in [-0.4, -0.2) is 20.9 Å². The Morgan fingerprint density at radius 2 is 1.86 bits per heavy atom. The zero-order valence-electron chi connectivity index (χ0n) is 19.6. The molecule has 1 heterocycles. The first-order valence-electron chi connectivity index (χ1n) is 11.9. The molecule has 7 heteroatoms. The third-order valence-corrected chi connectivity index (χ3v) is 6.58. The summed E-state index contributed by atoms with van der Waals surface area (Å²) in [5, 5.41) is 10.7. The summed E-state index contributed by atoms with van der Waals surface area (Å²) < 4.78 is 21.8. The lowest BCUT2D eigenvalue weighted by Crippen LogP contribution is -2.13. The number of nitrogens with two attached hydrogens (primary N) is 1. The largest absolute Gasteiger partial charge is 0.486 e. The summed E-state index contributed by atoms with van der Waals surface area (Å²) in [4.78, 5) is 20.9. The van der Waals surface area contributed by atoms with Crippen molar-refractivity contribution in [3.05, 3.63) is 107 Å². The van der Waals surface area contributed by atoms with E-state index in [4.69, 9.17) is 10.5 Å². The molecule has 4 aromatic rings. The molecule has 1 atom stereocenters. The number of nitrogens with zero attached hydrogens (tertiary/aromatic N) is 2. The molecule has 0 aliphatic heterocycles. The zero-order chi connectivity index (χ0) is 25.1. The van der Waals surface area contributed by atoms with Gasteiger partial charge >= 0.3 is 0 Å². The van der Waals surface area contributed by atoms with E-state index in [-0.39, 0.29) is 29.9 Å². The molecule has 0 spiro atoms. The van der Waals surface area contributed by atoms with Crippen LogP contribution in [0, 0.1) is 5.82 Å². The van der Waals surface area contributed by atoms with Crippen LogP contribution in [0.4, 0.5) is 10.2 Å². The van der Waals surface area contributed by atoms with Crippen LogP contribution >= 0.6 is 0 Å². The van der Waals surface area contributed by atoms with Crippen LogP contribution in [0.15, 0.2) is 79.1 Å². The van der Waals surface area contributed by atoms with Gasteiger partial charge in [0.1, 0.15) is 18.5 Å². The van der Waals surface area contributed by atoms with E-state index in [0.29, 0.717) is 27.9 Å². The molecule has 1 aromatic heterocycles. The number of anilines is 1. The number of halogens is 1. The second kappa shape index (κ2) is 10.3. The summed E-state index contributed by atoms with van der Waals surface area (Å²) in [6.07, 6.45) is 4.60. The third kappa shape index (κ3) is 4.83. The van der Waals surface area contributed by atoms with Gasteiger partial charge < -0.3 is 15.6 Å². The summed E-state index contributed by atoms with van der Waals surface area (Å²) >= 11 is 0. The lowest BCUT2D eigenvalue weighted by molar-refractivity contribution is 0.0747. The minimum atomic E-state index is -1.30. The van der Waals surface area contributed by atoms with Crippen molar-refractivity contribution in [3.8, 4) is 17.0 Å². The van der Waals surface area contributed by atoms with Crippen LogP contribution in [0.2, 0.25) is 0 Å². The molecule has 0 radical (unpaired) electrons. The second-order valence-corrected chi connectivity index (χ2v) is 8.97. The Hall–Kier alpha value is -4.10. The molecule has 6 nitrogen and oxygen atoms in total. The number of hydrogen-bond acceptors (Lipinski definition) is 6. The summed E-state index contributed by atoms with van der Waals surface area (Å²) in [6, 6.07) is 19.2. The van der Waals surface area contributed by atoms with E-state index >= 15 is 4.39 Å². The average Bonchev–Trinajstić information content (AvgIpc) is 2.88. The highest BCUT2D eigenvalue weighted by atomic mass is 19.1. The maximum Gasteiger partial charge on any atom is 0.195 e. The van der Waals surface area contributed by atoms with Crippen LogP contribution in [0.5, 0.6) is 5.75 Å². The topological polar surface area (TPSA) is 98.3 Å². The molecule has 1 aliphatic carbocycles. The molecule has 36 heavy (non-hydrogen) atoms. The molecule has 3 N–H and O–H groups in total. The maximum atomic E-state index is 15.7. The summed E-state index contributed by atoms with van der Waals surface area (Å²) in [6.45, 7) is 0.0770. The molecule has 1 aliphatic rings. The van der Waals surface area contributed by atoms with Crippen molar-refractivity contribution in [2.45, 2.75) is 37.9 Å². The predicted molar refractivity (Wildman–Crippen MR) is 135 cm³/mol. The number of ketones is 1. The number of benzene rings is 3. The Kier molecular flexibility index (Phi) is 6.73. The van der Waals surface area contributed by atoms with Gasteiger partial charge in [-0.3, -0.25) is 9.78 Å². The number of nitrogen functional groups attached to an aromatic ring is 1. The molecule has 0 saturated heterocycles. The van der Waals surface area contributed by atoms with Crippen molar-refractivity contribution in [3.63, 3.8) is 0 Å². The highest BCUT2D eigenvalue weighted by molar-refractivity contribution is 5.99. The third-order valence-electron chi connectivity index (χ3n) is 6.58. The minimum absolute atomic E-state index is 0.0770. The summed E-state index contributed by atoms with van der Waals surface area (Å²) in [7, 11) is 0. The Morgan fingerprint density at radius 1 is 1.06 bits per heavy atom. The fourth-order valence-electron chi connectivity index (χ4n) is 4.35. The van der Waals surface area contributed by atoms with Crippen molar-refractivity contribution >= 4 is 11.6 Å². The fraction of sp³-hybridized carbons (Fsp3) is 0.207. The minimum Gasteiger partial charge on any atom is -0.486 e. The first kappa shape index (κ1) is 23.6. The average molecular weight is 484 g/mol. The molecule has 5 rings (SSSR count). The number of Topliss-reactive ketones (excluding diaryl/α,β-unsaturated/α-hetero) is 1. The van der Waals surface area contributed by atoms with Gasteiger partial charge in [0.25, 0.3) is 0 Å². The molecule has 1 fully saturated rings. The molecule has 1 unspecified atom stereocenters. The van der Waals surface area contributed by atoms with Gasteiger partial charge in [0.05, 0.1) is 18.1 Å². The van der Waals surface area contributed by atoms with Gasteiger partial charge in [-0.25, -0.2) is 9.37 Å². The number of aliphatic hydroxyl groups is 1. The maximum absolute atomic E-state index is 15.7. The normalized spacial score (nSPS) is 14.2. The number of hydrogen-bond donors (Lipinski definition) is 2. The van der Waals surface area contributed by atoms with Gasteiger partial charge in [-0.1, -0.05) is 61.0 Å². The van der Waals surface area contributed by atoms with Gasteiger partial charge in [-0.05, 0) is 42.0 Å². The van der Waals surface area contributed by atoms with Crippen molar-refractivity contribution in [1.29, 1.82) is 0 Å². The number of rotatable bonds is 8. The molecule has 0 amide bonds. The number of aromatic nitrogens is 2. The lowest BCUT2D eigenvalue weighted by Gasteiger charge is -2.28. The second-order valence-electron chi connectivity index (χ2n) is 8.97. The van der Waals surface area contributed by atoms with Crippen molar-refractivity contribution in [1.82, 2.24) is 9.97 Å². The van der Waals surface area contributed by atoms with Crippen LogP contribution in [-0.2, 0) is 6.61 Å². The lowest BCUT2D eigenvalue weighted by atomic mass is 9.79. The van der Waals surface area contributed by atoms with E-state index in [1.54, 1.807) is 48.5 Å². The molecule has 3 aromatic carbocycles. The van der Waals surface area contributed by atoms with Gasteiger partial charge in [0, 0.05) is 16.7 Å². The molecule has 0 bridgehead atoms. The molecular formula is C29H26FN3O3. The van der Waals surface area contributed by atoms with Gasteiger partial charge in [0.2, 0.25) is 0 Å². The van der Waals surface area contributed by atoms with Crippen LogP contribution < -0.4 is 10.5 Å². The highest BCUT2D eigenvalue weighted by Gasteiger charge is 2.27. The number of aliphatic hydroxyl groups excluding tert-OH is 1. The van der Waals surface area contributed by atoms with E-state index in [2.05, 4.69) is 9.97 Å². The number of carbonyl (C=O) groups excluding carboxylic acids is 1. The van der Waals surface area contributed by atoms with Crippen LogP contribution in [0.25, 0.3) is 11.3 Å². The first-order chi connectivity index (χ1) is 17.5. The molecule has 182 valence electrons. The Labute approximate surface area is 208 Å². The Morgan fingerprint density at radius 3 is 2.56 bits per heavy atom. The Balaban J connectivity index is 1.40. The SMILES string of the molecule is Nc1cnc(-c2ccc(C3CCC3)c(OCc3cccc(C(O)C(=O)c4ccccc4)c3)c2F)cn1. The van der Waals surface area contributed by atoms with Crippen molar-refractivity contribution in [2.24, 2.45) is 0 Å². The first-order valence-corrected chi connectivity index (χ1v) is 11.9. The van der Waals surface area contributed by atoms with Crippen molar-refractivity contribution < 1.29 is 19.0 Å². The predicted octanol–water partition coefficient (Wildman–Crippen LogP) is 5.63. The van der Waals surface area contributed by atoms with Crippen LogP contribution in [0.1, 0.15) is 58.3 Å². The van der Waals surface area contributed by atoms with Crippen LogP contribution in [0.3, 0.4) is 0 Å². The smallest absolute Gasteiger partial charge is 0.195 e. The van der Waals surface area contributed by atoms with E-state index in [0.717, 1.165) is 24.8 Å². The molecular weight excluding hydrogens is 457 g/mol. The van der Waals surface area contributed by atoms with Gasteiger partial charge in [0.15, 0.2) is 17.3 Å². The molecule has 1 saturated carbocycles. The van der Waals surface area contributed by atoms with Gasteiger partial charge in [-0.2, -0.15) is 0 Å². The van der Waals surface area contributed by atoms with E-state index in [9.17, 15) is 9.90 Å². The van der Waals surface area contributed by atoms with E-state index < -0.39 is 11.9 Å². The van der Waals surface area contributed by atoms with E-state index in [1.807, 2.05) is 18.2 Å². The summed E-state index contributed by atoms with van der Waals surface area (Å²) in [5.41, 5.74) is 8.72.